The van der Waals surface area contributed by atoms with Crippen molar-refractivity contribution in [1.29, 1.82) is 0 Å². The Kier molecular flexibility index (Phi) is 3.77. The fraction of sp³-hybridized carbons (Fsp3) is 0.333. The van der Waals surface area contributed by atoms with Gasteiger partial charge in [-0.05, 0) is 18.2 Å². The third-order valence-corrected chi connectivity index (χ3v) is 2.16. The summed E-state index contributed by atoms with van der Waals surface area (Å²) in [7, 11) is 1.33. The van der Waals surface area contributed by atoms with Crippen molar-refractivity contribution >= 4 is 11.6 Å². The largest absolute Gasteiger partial charge is 0.494 e. The molecule has 16 heavy (non-hydrogen) atoms. The summed E-state index contributed by atoms with van der Waals surface area (Å²) in [5, 5.41) is 0. The molecule has 0 amide bonds. The number of benzene rings is 1. The average molecular weight is 224 g/mol. The number of hydrogen-bond acceptors (Lipinski definition) is 3. The molecule has 0 atom stereocenters. The van der Waals surface area contributed by atoms with Gasteiger partial charge in [-0.3, -0.25) is 9.59 Å². The van der Waals surface area contributed by atoms with Crippen molar-refractivity contribution in [3.05, 3.63) is 29.6 Å². The molecule has 1 aromatic rings. The second-order valence-corrected chi connectivity index (χ2v) is 3.70. The Morgan fingerprint density at radius 2 is 1.94 bits per heavy atom. The predicted octanol–water partition coefficient (Wildman–Crippen LogP) is 2.24. The third kappa shape index (κ3) is 2.45. The van der Waals surface area contributed by atoms with E-state index in [0.717, 1.165) is 6.07 Å². The maximum atomic E-state index is 13.3. The van der Waals surface area contributed by atoms with E-state index in [1.807, 2.05) is 0 Å². The van der Waals surface area contributed by atoms with Gasteiger partial charge in [0, 0.05) is 11.5 Å². The van der Waals surface area contributed by atoms with Gasteiger partial charge in [0.25, 0.3) is 0 Å². The van der Waals surface area contributed by atoms with Crippen LogP contribution in [-0.2, 0) is 4.79 Å². The quantitative estimate of drug-likeness (QED) is 0.582. The van der Waals surface area contributed by atoms with Crippen LogP contribution in [0.25, 0.3) is 0 Å². The number of hydrogen-bond donors (Lipinski definition) is 0. The standard InChI is InChI=1S/C12H13FO3/c1-7(2)11(14)12(15)8-4-5-10(16-3)9(13)6-8/h4-7H,1-3H3. The molecule has 0 unspecified atom stereocenters. The number of ketones is 2. The van der Waals surface area contributed by atoms with E-state index < -0.39 is 23.3 Å². The molecular formula is C12H13FO3. The topological polar surface area (TPSA) is 43.4 Å². The fourth-order valence-electron chi connectivity index (χ4n) is 1.21. The van der Waals surface area contributed by atoms with Gasteiger partial charge in [0.05, 0.1) is 7.11 Å². The molecule has 4 heteroatoms. The minimum absolute atomic E-state index is 0.0496. The predicted molar refractivity (Wildman–Crippen MR) is 57.1 cm³/mol. The Bertz CT molecular complexity index is 424. The van der Waals surface area contributed by atoms with E-state index in [-0.39, 0.29) is 11.3 Å². The van der Waals surface area contributed by atoms with Gasteiger partial charge in [-0.2, -0.15) is 0 Å². The van der Waals surface area contributed by atoms with Crippen LogP contribution >= 0.6 is 0 Å². The molecular weight excluding hydrogens is 211 g/mol. The summed E-state index contributed by atoms with van der Waals surface area (Å²) in [4.78, 5) is 23.0. The summed E-state index contributed by atoms with van der Waals surface area (Å²) in [6.45, 7) is 3.25. The Morgan fingerprint density at radius 1 is 1.31 bits per heavy atom. The van der Waals surface area contributed by atoms with E-state index in [1.54, 1.807) is 13.8 Å². The van der Waals surface area contributed by atoms with Crippen LogP contribution in [0.15, 0.2) is 18.2 Å². The van der Waals surface area contributed by atoms with Crippen LogP contribution in [0.2, 0.25) is 0 Å². The Hall–Kier alpha value is -1.71. The molecule has 0 saturated carbocycles. The molecule has 0 aliphatic heterocycles. The molecule has 0 aliphatic carbocycles. The summed E-state index contributed by atoms with van der Waals surface area (Å²) in [6, 6.07) is 3.72. The first-order valence-corrected chi connectivity index (χ1v) is 4.89. The Morgan fingerprint density at radius 3 is 2.38 bits per heavy atom. The van der Waals surface area contributed by atoms with Gasteiger partial charge in [0.2, 0.25) is 11.6 Å². The first-order chi connectivity index (χ1) is 7.47. The van der Waals surface area contributed by atoms with E-state index in [0.29, 0.717) is 0 Å². The summed E-state index contributed by atoms with van der Waals surface area (Å²) in [6.07, 6.45) is 0. The molecule has 3 nitrogen and oxygen atoms in total. The molecule has 0 aromatic heterocycles. The number of ether oxygens (including phenoxy) is 1. The van der Waals surface area contributed by atoms with Crippen LogP contribution in [-0.4, -0.2) is 18.7 Å². The zero-order valence-electron chi connectivity index (χ0n) is 9.41. The molecule has 86 valence electrons. The number of carbonyl (C=O) groups excluding carboxylic acids is 2. The molecule has 1 rings (SSSR count). The van der Waals surface area contributed by atoms with Crippen LogP contribution in [0.3, 0.4) is 0 Å². The summed E-state index contributed by atoms with van der Waals surface area (Å²) >= 11 is 0. The molecule has 0 saturated heterocycles. The minimum atomic E-state index is -0.670. The second-order valence-electron chi connectivity index (χ2n) is 3.70. The van der Waals surface area contributed by atoms with E-state index in [4.69, 9.17) is 4.74 Å². The van der Waals surface area contributed by atoms with E-state index in [1.165, 1.54) is 19.2 Å². The van der Waals surface area contributed by atoms with Gasteiger partial charge in [-0.1, -0.05) is 13.8 Å². The number of methoxy groups -OCH3 is 1. The first-order valence-electron chi connectivity index (χ1n) is 4.89. The molecule has 0 bridgehead atoms. The maximum absolute atomic E-state index is 13.3. The van der Waals surface area contributed by atoms with Gasteiger partial charge in [-0.25, -0.2) is 4.39 Å². The molecule has 0 aliphatic rings. The lowest BCUT2D eigenvalue weighted by Crippen LogP contribution is -2.19. The monoisotopic (exact) mass is 224 g/mol. The van der Waals surface area contributed by atoms with Gasteiger partial charge in [-0.15, -0.1) is 0 Å². The van der Waals surface area contributed by atoms with Gasteiger partial charge < -0.3 is 4.74 Å². The van der Waals surface area contributed by atoms with Crippen molar-refractivity contribution < 1.29 is 18.7 Å². The molecule has 1 aromatic carbocycles. The summed E-state index contributed by atoms with van der Waals surface area (Å²) in [5.74, 6) is -2.18. The van der Waals surface area contributed by atoms with Crippen LogP contribution in [0.5, 0.6) is 5.75 Å². The fourth-order valence-corrected chi connectivity index (χ4v) is 1.21. The minimum Gasteiger partial charge on any atom is -0.494 e. The second kappa shape index (κ2) is 4.88. The number of halogens is 1. The highest BCUT2D eigenvalue weighted by molar-refractivity contribution is 6.44. The lowest BCUT2D eigenvalue weighted by Gasteiger charge is -2.05. The van der Waals surface area contributed by atoms with Crippen molar-refractivity contribution in [2.75, 3.05) is 7.11 Å². The third-order valence-electron chi connectivity index (χ3n) is 2.16. The van der Waals surface area contributed by atoms with Gasteiger partial charge in [0.15, 0.2) is 11.6 Å². The van der Waals surface area contributed by atoms with Crippen LogP contribution in [0, 0.1) is 11.7 Å². The number of rotatable bonds is 4. The highest BCUT2D eigenvalue weighted by atomic mass is 19.1. The average Bonchev–Trinajstić information content (AvgIpc) is 2.26. The molecule has 0 fully saturated rings. The van der Waals surface area contributed by atoms with Crippen LogP contribution in [0.1, 0.15) is 24.2 Å². The maximum Gasteiger partial charge on any atom is 0.228 e. The van der Waals surface area contributed by atoms with Crippen molar-refractivity contribution in [2.24, 2.45) is 5.92 Å². The number of carbonyl (C=O) groups is 2. The SMILES string of the molecule is COc1ccc(C(=O)C(=O)C(C)C)cc1F. The lowest BCUT2D eigenvalue weighted by molar-refractivity contribution is -0.117. The van der Waals surface area contributed by atoms with Gasteiger partial charge in [0.1, 0.15) is 0 Å². The molecule has 0 heterocycles. The lowest BCUT2D eigenvalue weighted by atomic mass is 9.99. The Balaban J connectivity index is 3.02. The van der Waals surface area contributed by atoms with E-state index >= 15 is 0 Å². The number of Topliss-reactive ketones (excluding diaryl/α,β-unsaturated/α-hetero) is 2. The van der Waals surface area contributed by atoms with E-state index in [9.17, 15) is 14.0 Å². The molecule has 0 spiro atoms. The Labute approximate surface area is 93.2 Å². The highest BCUT2D eigenvalue weighted by Gasteiger charge is 2.20. The normalized spacial score (nSPS) is 10.3. The van der Waals surface area contributed by atoms with Gasteiger partial charge >= 0.3 is 0 Å². The van der Waals surface area contributed by atoms with Crippen LogP contribution in [0.4, 0.5) is 4.39 Å². The van der Waals surface area contributed by atoms with Crippen molar-refractivity contribution in [3.8, 4) is 5.75 Å². The zero-order chi connectivity index (χ0) is 12.3. The van der Waals surface area contributed by atoms with E-state index in [2.05, 4.69) is 0 Å². The van der Waals surface area contributed by atoms with Crippen molar-refractivity contribution in [2.45, 2.75) is 13.8 Å². The zero-order valence-corrected chi connectivity index (χ0v) is 9.41. The van der Waals surface area contributed by atoms with Crippen molar-refractivity contribution in [3.63, 3.8) is 0 Å². The van der Waals surface area contributed by atoms with Crippen LogP contribution < -0.4 is 4.74 Å². The molecule has 0 N–H and O–H groups in total. The highest BCUT2D eigenvalue weighted by Crippen LogP contribution is 2.18. The smallest absolute Gasteiger partial charge is 0.228 e. The summed E-state index contributed by atoms with van der Waals surface area (Å²) in [5.41, 5.74) is 0.0528. The summed E-state index contributed by atoms with van der Waals surface area (Å²) < 4.78 is 18.0. The van der Waals surface area contributed by atoms with Crippen molar-refractivity contribution in [1.82, 2.24) is 0 Å². The first kappa shape index (κ1) is 12.4. The molecule has 0 radical (unpaired) electrons.